The van der Waals surface area contributed by atoms with E-state index in [1.807, 2.05) is 0 Å². The molecule has 2 aliphatic rings. The molecule has 0 aromatic heterocycles. The summed E-state index contributed by atoms with van der Waals surface area (Å²) in [4.78, 5) is 37.3. The summed E-state index contributed by atoms with van der Waals surface area (Å²) in [6.45, 7) is 1.36. The zero-order valence-electron chi connectivity index (χ0n) is 14.1. The van der Waals surface area contributed by atoms with Gasteiger partial charge in [0.1, 0.15) is 0 Å². The van der Waals surface area contributed by atoms with Gasteiger partial charge in [0.05, 0.1) is 5.41 Å². The Morgan fingerprint density at radius 2 is 1.84 bits per heavy atom. The van der Waals surface area contributed by atoms with Crippen LogP contribution in [0, 0.1) is 5.41 Å². The molecule has 3 amide bonds. The number of nitrogens with zero attached hydrogens (tertiary/aromatic N) is 1. The van der Waals surface area contributed by atoms with Crippen LogP contribution >= 0.6 is 0 Å². The number of hydrogen-bond acceptors (Lipinski definition) is 3. The molecule has 25 heavy (non-hydrogen) atoms. The van der Waals surface area contributed by atoms with Crippen molar-refractivity contribution in [3.05, 3.63) is 29.8 Å². The molecule has 1 aliphatic heterocycles. The summed E-state index contributed by atoms with van der Waals surface area (Å²) < 4.78 is 0. The molecule has 0 unspecified atom stereocenters. The average Bonchev–Trinajstić information content (AvgIpc) is 3.06. The van der Waals surface area contributed by atoms with Gasteiger partial charge in [-0.15, -0.1) is 0 Å². The normalized spacial score (nSPS) is 19.4. The topological polar surface area (TPSA) is 98.7 Å². The van der Waals surface area contributed by atoms with Gasteiger partial charge in [-0.05, 0) is 37.1 Å². The van der Waals surface area contributed by atoms with E-state index in [2.05, 4.69) is 10.6 Å². The lowest BCUT2D eigenvalue weighted by Crippen LogP contribution is -2.44. The standard InChI is InChI=1S/C18H23N3O4/c22-15(20-12-18(16(23)24)8-2-1-3-9-18)13-4-6-14(7-5-13)21-11-10-19-17(21)25/h4-7H,1-3,8-12H2,(H,19,25)(H,20,22)(H,23,24). The maximum atomic E-state index is 12.4. The second-order valence-corrected chi connectivity index (χ2v) is 6.76. The summed E-state index contributed by atoms with van der Waals surface area (Å²) >= 11 is 0. The van der Waals surface area contributed by atoms with Crippen molar-refractivity contribution in [2.24, 2.45) is 5.41 Å². The highest BCUT2D eigenvalue weighted by Crippen LogP contribution is 2.36. The summed E-state index contributed by atoms with van der Waals surface area (Å²) in [7, 11) is 0. The van der Waals surface area contributed by atoms with E-state index in [4.69, 9.17) is 0 Å². The van der Waals surface area contributed by atoms with E-state index >= 15 is 0 Å². The summed E-state index contributed by atoms with van der Waals surface area (Å²) in [5.41, 5.74) is 0.349. The van der Waals surface area contributed by atoms with Crippen molar-refractivity contribution in [3.8, 4) is 0 Å². The first-order chi connectivity index (χ1) is 12.0. The fourth-order valence-electron chi connectivity index (χ4n) is 3.56. The van der Waals surface area contributed by atoms with Crippen LogP contribution in [0.25, 0.3) is 0 Å². The van der Waals surface area contributed by atoms with Crippen LogP contribution in [0.15, 0.2) is 24.3 Å². The number of aliphatic carboxylic acids is 1. The highest BCUT2D eigenvalue weighted by atomic mass is 16.4. The predicted octanol–water partition coefficient (Wildman–Crippen LogP) is 1.98. The Hall–Kier alpha value is -2.57. The van der Waals surface area contributed by atoms with Crippen molar-refractivity contribution in [1.82, 2.24) is 10.6 Å². The Kier molecular flexibility index (Phi) is 4.92. The maximum absolute atomic E-state index is 12.4. The number of anilines is 1. The molecule has 0 radical (unpaired) electrons. The zero-order valence-corrected chi connectivity index (χ0v) is 14.1. The molecule has 0 atom stereocenters. The summed E-state index contributed by atoms with van der Waals surface area (Å²) in [6, 6.07) is 6.63. The van der Waals surface area contributed by atoms with Gasteiger partial charge in [-0.25, -0.2) is 4.79 Å². The van der Waals surface area contributed by atoms with Crippen molar-refractivity contribution in [1.29, 1.82) is 0 Å². The fourth-order valence-corrected chi connectivity index (χ4v) is 3.56. The molecule has 7 nitrogen and oxygen atoms in total. The fraction of sp³-hybridized carbons (Fsp3) is 0.500. The van der Waals surface area contributed by atoms with Gasteiger partial charge < -0.3 is 15.7 Å². The van der Waals surface area contributed by atoms with E-state index in [1.54, 1.807) is 29.2 Å². The molecule has 0 spiro atoms. The number of amides is 3. The second kappa shape index (κ2) is 7.13. The van der Waals surface area contributed by atoms with Gasteiger partial charge in [-0.3, -0.25) is 14.5 Å². The lowest BCUT2D eigenvalue weighted by atomic mass is 9.74. The molecule has 7 heteroatoms. The van der Waals surface area contributed by atoms with Crippen LogP contribution in [0.4, 0.5) is 10.5 Å². The molecular weight excluding hydrogens is 322 g/mol. The number of urea groups is 1. The van der Waals surface area contributed by atoms with Gasteiger partial charge in [0.25, 0.3) is 5.91 Å². The molecule has 3 N–H and O–H groups in total. The Bertz CT molecular complexity index is 665. The van der Waals surface area contributed by atoms with Crippen LogP contribution in [-0.4, -0.2) is 42.6 Å². The van der Waals surface area contributed by atoms with Crippen molar-refractivity contribution >= 4 is 23.6 Å². The Balaban J connectivity index is 1.63. The first-order valence-corrected chi connectivity index (χ1v) is 8.69. The highest BCUT2D eigenvalue weighted by molar-refractivity contribution is 5.97. The minimum atomic E-state index is -0.846. The van der Waals surface area contributed by atoms with Gasteiger partial charge >= 0.3 is 12.0 Å². The van der Waals surface area contributed by atoms with E-state index in [1.165, 1.54) is 0 Å². The Morgan fingerprint density at radius 1 is 1.16 bits per heavy atom. The molecule has 1 saturated heterocycles. The molecule has 134 valence electrons. The van der Waals surface area contributed by atoms with E-state index in [0.717, 1.165) is 24.9 Å². The van der Waals surface area contributed by atoms with Gasteiger partial charge in [-0.1, -0.05) is 19.3 Å². The third kappa shape index (κ3) is 3.60. The number of carbonyl (C=O) groups is 3. The molecular formula is C18H23N3O4. The average molecular weight is 345 g/mol. The first kappa shape index (κ1) is 17.3. The number of rotatable bonds is 5. The zero-order chi connectivity index (χ0) is 17.9. The number of nitrogens with one attached hydrogen (secondary N) is 2. The molecule has 3 rings (SSSR count). The van der Waals surface area contributed by atoms with Crippen LogP contribution in [0.5, 0.6) is 0 Å². The molecule has 2 fully saturated rings. The maximum Gasteiger partial charge on any atom is 0.321 e. The molecule has 1 aliphatic carbocycles. The van der Waals surface area contributed by atoms with E-state index in [0.29, 0.717) is 31.5 Å². The van der Waals surface area contributed by atoms with E-state index < -0.39 is 11.4 Å². The number of benzene rings is 1. The van der Waals surface area contributed by atoms with Gasteiger partial charge in [0.2, 0.25) is 0 Å². The van der Waals surface area contributed by atoms with Crippen molar-refractivity contribution in [2.75, 3.05) is 24.5 Å². The number of hydrogen-bond donors (Lipinski definition) is 3. The molecule has 1 aromatic carbocycles. The van der Waals surface area contributed by atoms with Crippen molar-refractivity contribution in [3.63, 3.8) is 0 Å². The van der Waals surface area contributed by atoms with E-state index in [9.17, 15) is 19.5 Å². The van der Waals surface area contributed by atoms with Gasteiger partial charge in [0.15, 0.2) is 0 Å². The van der Waals surface area contributed by atoms with Crippen LogP contribution < -0.4 is 15.5 Å². The summed E-state index contributed by atoms with van der Waals surface area (Å²) in [5.74, 6) is -1.12. The monoisotopic (exact) mass is 345 g/mol. The van der Waals surface area contributed by atoms with Gasteiger partial charge in [-0.2, -0.15) is 0 Å². The first-order valence-electron chi connectivity index (χ1n) is 8.69. The third-order valence-electron chi connectivity index (χ3n) is 5.15. The number of carboxylic acids is 1. The molecule has 1 heterocycles. The summed E-state index contributed by atoms with van der Waals surface area (Å²) in [5, 5.41) is 15.1. The van der Waals surface area contributed by atoms with Crippen LogP contribution in [0.3, 0.4) is 0 Å². The van der Waals surface area contributed by atoms with Crippen LogP contribution in [0.2, 0.25) is 0 Å². The van der Waals surface area contributed by atoms with Crippen molar-refractivity contribution in [2.45, 2.75) is 32.1 Å². The third-order valence-corrected chi connectivity index (χ3v) is 5.15. The predicted molar refractivity (Wildman–Crippen MR) is 92.7 cm³/mol. The Labute approximate surface area is 146 Å². The minimum Gasteiger partial charge on any atom is -0.481 e. The lowest BCUT2D eigenvalue weighted by Gasteiger charge is -2.33. The lowest BCUT2D eigenvalue weighted by molar-refractivity contribution is -0.150. The molecule has 1 saturated carbocycles. The minimum absolute atomic E-state index is 0.141. The largest absolute Gasteiger partial charge is 0.481 e. The Morgan fingerprint density at radius 3 is 2.40 bits per heavy atom. The van der Waals surface area contributed by atoms with E-state index in [-0.39, 0.29) is 18.5 Å². The SMILES string of the molecule is O=C(NCC1(C(=O)O)CCCCC1)c1ccc(N2CCNC2=O)cc1. The van der Waals surface area contributed by atoms with Crippen LogP contribution in [-0.2, 0) is 4.79 Å². The number of carbonyl (C=O) groups excluding carboxylic acids is 2. The van der Waals surface area contributed by atoms with Crippen LogP contribution in [0.1, 0.15) is 42.5 Å². The van der Waals surface area contributed by atoms with Crippen molar-refractivity contribution < 1.29 is 19.5 Å². The quantitative estimate of drug-likeness (QED) is 0.760. The van der Waals surface area contributed by atoms with Gasteiger partial charge in [0, 0.05) is 30.9 Å². The molecule has 0 bridgehead atoms. The second-order valence-electron chi connectivity index (χ2n) is 6.76. The summed E-state index contributed by atoms with van der Waals surface area (Å²) in [6.07, 6.45) is 4.02. The number of carboxylic acid groups (broad SMARTS) is 1. The highest BCUT2D eigenvalue weighted by Gasteiger charge is 2.39. The smallest absolute Gasteiger partial charge is 0.321 e. The molecule has 1 aromatic rings.